The summed E-state index contributed by atoms with van der Waals surface area (Å²) < 4.78 is 1.78. The zero-order valence-corrected chi connectivity index (χ0v) is 15.0. The molecule has 8 nitrogen and oxygen atoms in total. The van der Waals surface area contributed by atoms with Crippen LogP contribution in [-0.4, -0.2) is 63.3 Å². The summed E-state index contributed by atoms with van der Waals surface area (Å²) in [6.45, 7) is 3.71. The number of amides is 1. The Morgan fingerprint density at radius 1 is 1.20 bits per heavy atom. The van der Waals surface area contributed by atoms with E-state index in [1.165, 1.54) is 5.56 Å². The number of aryl methyl sites for hydroxylation is 1. The van der Waals surface area contributed by atoms with Gasteiger partial charge in [-0.15, -0.1) is 0 Å². The number of hydrogen-bond donors (Lipinski definition) is 1. The van der Waals surface area contributed by atoms with Gasteiger partial charge in [0.15, 0.2) is 0 Å². The second-order valence-electron chi connectivity index (χ2n) is 6.25. The Hall–Kier alpha value is -2.13. The normalized spacial score (nSPS) is 17.6. The van der Waals surface area contributed by atoms with Crippen molar-refractivity contribution in [2.75, 3.05) is 42.9 Å². The molecule has 4 heterocycles. The fourth-order valence-corrected chi connectivity index (χ4v) is 4.27. The highest BCUT2D eigenvalue weighted by Gasteiger charge is 2.24. The highest BCUT2D eigenvalue weighted by Crippen LogP contribution is 2.34. The number of piperazine rings is 1. The molecule has 0 unspecified atom stereocenters. The quantitative estimate of drug-likeness (QED) is 0.861. The minimum Gasteiger partial charge on any atom is -0.338 e. The molecule has 0 spiro atoms. The average molecular weight is 359 g/mol. The number of nitrogens with one attached hydrogen (secondary N) is 1. The first-order valence-electron chi connectivity index (χ1n) is 8.37. The molecule has 2 aliphatic heterocycles. The molecule has 4 rings (SSSR count). The molecule has 25 heavy (non-hydrogen) atoms. The van der Waals surface area contributed by atoms with E-state index in [9.17, 15) is 4.79 Å². The second kappa shape index (κ2) is 7.01. The number of thioether (sulfide) groups is 1. The van der Waals surface area contributed by atoms with Gasteiger partial charge in [-0.3, -0.25) is 14.4 Å². The van der Waals surface area contributed by atoms with Gasteiger partial charge in [-0.2, -0.15) is 16.9 Å². The summed E-state index contributed by atoms with van der Waals surface area (Å²) in [5, 5.41) is 7.53. The lowest BCUT2D eigenvalue weighted by Gasteiger charge is -2.34. The van der Waals surface area contributed by atoms with Crippen LogP contribution < -0.4 is 10.2 Å². The Bertz CT molecular complexity index is 755. The number of carbonyl (C=O) groups excluding carboxylic acids is 1. The number of anilines is 2. The van der Waals surface area contributed by atoms with E-state index in [-0.39, 0.29) is 5.91 Å². The van der Waals surface area contributed by atoms with Crippen molar-refractivity contribution in [2.45, 2.75) is 11.5 Å². The van der Waals surface area contributed by atoms with Crippen LogP contribution in [0.15, 0.2) is 18.5 Å². The van der Waals surface area contributed by atoms with E-state index in [0.29, 0.717) is 6.54 Å². The first kappa shape index (κ1) is 16.3. The third-order valence-corrected chi connectivity index (χ3v) is 5.52. The predicted molar refractivity (Wildman–Crippen MR) is 97.5 cm³/mol. The zero-order valence-electron chi connectivity index (χ0n) is 14.2. The lowest BCUT2D eigenvalue weighted by atomic mass is 10.2. The summed E-state index contributed by atoms with van der Waals surface area (Å²) in [6, 6.07) is 1.82. The molecule has 2 aromatic heterocycles. The highest BCUT2D eigenvalue weighted by atomic mass is 32.2. The summed E-state index contributed by atoms with van der Waals surface area (Å²) in [6.07, 6.45) is 3.51. The van der Waals surface area contributed by atoms with E-state index in [0.717, 1.165) is 55.1 Å². The van der Waals surface area contributed by atoms with Crippen LogP contribution in [0.1, 0.15) is 11.3 Å². The fourth-order valence-electron chi connectivity index (χ4n) is 3.23. The van der Waals surface area contributed by atoms with Gasteiger partial charge >= 0.3 is 0 Å². The average Bonchev–Trinajstić information content (AvgIpc) is 3.19. The maximum atomic E-state index is 12.4. The van der Waals surface area contributed by atoms with Crippen LogP contribution in [0.3, 0.4) is 0 Å². The lowest BCUT2D eigenvalue weighted by molar-refractivity contribution is -0.117. The number of fused-ring (bicyclic) bond motifs is 1. The minimum absolute atomic E-state index is 0.0205. The molecule has 0 aromatic carbocycles. The van der Waals surface area contributed by atoms with E-state index in [4.69, 9.17) is 0 Å². The Kier molecular flexibility index (Phi) is 4.58. The molecule has 0 bridgehead atoms. The summed E-state index contributed by atoms with van der Waals surface area (Å²) in [5.74, 6) is 3.49. The summed E-state index contributed by atoms with van der Waals surface area (Å²) in [7, 11) is 1.89. The molecule has 2 aliphatic rings. The Labute approximate surface area is 150 Å². The van der Waals surface area contributed by atoms with Crippen LogP contribution in [0.4, 0.5) is 11.8 Å². The van der Waals surface area contributed by atoms with Crippen LogP contribution in [0, 0.1) is 0 Å². The van der Waals surface area contributed by atoms with Crippen molar-refractivity contribution < 1.29 is 4.79 Å². The standard InChI is InChI=1S/C16H21N7OS/c1-21-15(12-10-25-11-13(12)20-21)19-14(24)9-22-5-7-23(8-6-22)16-17-3-2-4-18-16/h2-4H,5-11H2,1H3,(H,19,24). The SMILES string of the molecule is Cn1nc2c(c1NC(=O)CN1CCN(c3ncccn3)CC1)CSC2. The molecule has 0 saturated carbocycles. The van der Waals surface area contributed by atoms with Crippen LogP contribution in [0.5, 0.6) is 0 Å². The van der Waals surface area contributed by atoms with Crippen molar-refractivity contribution >= 4 is 29.4 Å². The lowest BCUT2D eigenvalue weighted by Crippen LogP contribution is -2.49. The number of nitrogens with zero attached hydrogens (tertiary/aromatic N) is 6. The van der Waals surface area contributed by atoms with Crippen molar-refractivity contribution in [3.63, 3.8) is 0 Å². The molecule has 1 fully saturated rings. The molecule has 132 valence electrons. The van der Waals surface area contributed by atoms with Gasteiger partial charge in [0.1, 0.15) is 5.82 Å². The van der Waals surface area contributed by atoms with Crippen LogP contribution in [0.25, 0.3) is 0 Å². The summed E-state index contributed by atoms with van der Waals surface area (Å²) >= 11 is 1.84. The fraction of sp³-hybridized carbons (Fsp3) is 0.500. The van der Waals surface area contributed by atoms with Crippen molar-refractivity contribution in [1.82, 2.24) is 24.6 Å². The molecular formula is C16H21N7OS. The number of aromatic nitrogens is 4. The molecule has 1 saturated heterocycles. The van der Waals surface area contributed by atoms with E-state index < -0.39 is 0 Å². The molecular weight excluding hydrogens is 338 g/mol. The maximum Gasteiger partial charge on any atom is 0.239 e. The van der Waals surface area contributed by atoms with E-state index in [1.807, 2.05) is 24.9 Å². The van der Waals surface area contributed by atoms with Gasteiger partial charge in [0.05, 0.1) is 12.2 Å². The first-order valence-corrected chi connectivity index (χ1v) is 9.53. The maximum absolute atomic E-state index is 12.4. The van der Waals surface area contributed by atoms with E-state index >= 15 is 0 Å². The Balaban J connectivity index is 1.31. The van der Waals surface area contributed by atoms with Gasteiger partial charge in [-0.1, -0.05) is 0 Å². The van der Waals surface area contributed by atoms with Gasteiger partial charge in [-0.05, 0) is 6.07 Å². The number of hydrogen-bond acceptors (Lipinski definition) is 7. The van der Waals surface area contributed by atoms with E-state index in [2.05, 4.69) is 30.2 Å². The highest BCUT2D eigenvalue weighted by molar-refractivity contribution is 7.98. The van der Waals surface area contributed by atoms with Gasteiger partial charge in [0.2, 0.25) is 11.9 Å². The Morgan fingerprint density at radius 3 is 2.72 bits per heavy atom. The Morgan fingerprint density at radius 2 is 1.96 bits per heavy atom. The number of carbonyl (C=O) groups is 1. The molecule has 9 heteroatoms. The minimum atomic E-state index is 0.0205. The monoisotopic (exact) mass is 359 g/mol. The smallest absolute Gasteiger partial charge is 0.239 e. The van der Waals surface area contributed by atoms with Crippen molar-refractivity contribution in [2.24, 2.45) is 7.05 Å². The molecule has 2 aromatic rings. The van der Waals surface area contributed by atoms with Crippen LogP contribution in [0.2, 0.25) is 0 Å². The molecule has 0 aliphatic carbocycles. The number of rotatable bonds is 4. The van der Waals surface area contributed by atoms with Gasteiger partial charge in [0.25, 0.3) is 0 Å². The molecule has 0 radical (unpaired) electrons. The molecule has 1 N–H and O–H groups in total. The van der Waals surface area contributed by atoms with Gasteiger partial charge in [-0.25, -0.2) is 9.97 Å². The third kappa shape index (κ3) is 3.47. The largest absolute Gasteiger partial charge is 0.338 e. The van der Waals surface area contributed by atoms with Crippen LogP contribution >= 0.6 is 11.8 Å². The second-order valence-corrected chi connectivity index (χ2v) is 7.24. The first-order chi connectivity index (χ1) is 12.2. The summed E-state index contributed by atoms with van der Waals surface area (Å²) in [4.78, 5) is 25.3. The third-order valence-electron chi connectivity index (χ3n) is 4.55. The predicted octanol–water partition coefficient (Wildman–Crippen LogP) is 0.718. The van der Waals surface area contributed by atoms with E-state index in [1.54, 1.807) is 17.1 Å². The van der Waals surface area contributed by atoms with Crippen LogP contribution in [-0.2, 0) is 23.3 Å². The van der Waals surface area contributed by atoms with Crippen molar-refractivity contribution in [3.05, 3.63) is 29.7 Å². The summed E-state index contributed by atoms with van der Waals surface area (Å²) in [5.41, 5.74) is 2.27. The van der Waals surface area contributed by atoms with Gasteiger partial charge < -0.3 is 10.2 Å². The van der Waals surface area contributed by atoms with Crippen molar-refractivity contribution in [1.29, 1.82) is 0 Å². The molecule has 0 atom stereocenters. The van der Waals surface area contributed by atoms with Gasteiger partial charge in [0, 0.05) is 62.7 Å². The molecule has 1 amide bonds. The van der Waals surface area contributed by atoms with Crippen molar-refractivity contribution in [3.8, 4) is 0 Å². The topological polar surface area (TPSA) is 79.2 Å². The zero-order chi connectivity index (χ0) is 17.2.